The van der Waals surface area contributed by atoms with Crippen LogP contribution in [0.1, 0.15) is 33.6 Å². The highest BCUT2D eigenvalue weighted by Gasteiger charge is 2.40. The SMILES string of the molecule is CCCN(C(=O)N1C[C@H](O)C[C@H]1C(=O)O)C(C)C. The number of carbonyl (C=O) groups is 2. The molecule has 1 heterocycles. The Labute approximate surface area is 107 Å². The lowest BCUT2D eigenvalue weighted by molar-refractivity contribution is -0.141. The van der Waals surface area contributed by atoms with Gasteiger partial charge in [-0.1, -0.05) is 6.92 Å². The third-order valence-corrected chi connectivity index (χ3v) is 3.14. The van der Waals surface area contributed by atoms with E-state index in [1.165, 1.54) is 4.90 Å². The Morgan fingerprint density at radius 1 is 1.44 bits per heavy atom. The second kappa shape index (κ2) is 6.04. The summed E-state index contributed by atoms with van der Waals surface area (Å²) >= 11 is 0. The van der Waals surface area contributed by atoms with Gasteiger partial charge in [0.2, 0.25) is 0 Å². The number of aliphatic hydroxyl groups excluding tert-OH is 1. The van der Waals surface area contributed by atoms with Gasteiger partial charge in [-0.2, -0.15) is 0 Å². The molecule has 6 heteroatoms. The molecular weight excluding hydrogens is 236 g/mol. The largest absolute Gasteiger partial charge is 0.480 e. The van der Waals surface area contributed by atoms with Crippen LogP contribution in [0.25, 0.3) is 0 Å². The van der Waals surface area contributed by atoms with E-state index in [9.17, 15) is 14.7 Å². The maximum absolute atomic E-state index is 12.3. The number of β-amino-alcohol motifs (C(OH)–C–C–N with tert-alkyl or cyclic N) is 1. The van der Waals surface area contributed by atoms with Crippen molar-refractivity contribution in [2.75, 3.05) is 13.1 Å². The Balaban J connectivity index is 2.83. The lowest BCUT2D eigenvalue weighted by atomic mass is 10.2. The number of aliphatic carboxylic acids is 1. The van der Waals surface area contributed by atoms with Crippen molar-refractivity contribution in [3.63, 3.8) is 0 Å². The first-order valence-corrected chi connectivity index (χ1v) is 6.36. The standard InChI is InChI=1S/C12H22N2O4/c1-4-5-13(8(2)3)12(18)14-7-9(15)6-10(14)11(16)17/h8-10,15H,4-7H2,1-3H3,(H,16,17)/t9-,10+/m1/s1. The zero-order valence-corrected chi connectivity index (χ0v) is 11.2. The lowest BCUT2D eigenvalue weighted by Crippen LogP contribution is -2.50. The van der Waals surface area contributed by atoms with Crippen LogP contribution in [0.2, 0.25) is 0 Å². The highest BCUT2D eigenvalue weighted by Crippen LogP contribution is 2.21. The average molecular weight is 258 g/mol. The van der Waals surface area contributed by atoms with Gasteiger partial charge in [-0.05, 0) is 20.3 Å². The second-order valence-electron chi connectivity index (χ2n) is 4.97. The molecule has 1 aliphatic rings. The predicted octanol–water partition coefficient (Wildman–Crippen LogP) is 0.747. The van der Waals surface area contributed by atoms with Crippen LogP contribution in [0.15, 0.2) is 0 Å². The van der Waals surface area contributed by atoms with E-state index in [1.54, 1.807) is 4.90 Å². The zero-order chi connectivity index (χ0) is 13.9. The third-order valence-electron chi connectivity index (χ3n) is 3.14. The lowest BCUT2D eigenvalue weighted by Gasteiger charge is -2.32. The first-order valence-electron chi connectivity index (χ1n) is 6.36. The van der Waals surface area contributed by atoms with Gasteiger partial charge in [0.05, 0.1) is 6.10 Å². The Hall–Kier alpha value is -1.30. The number of rotatable bonds is 4. The Morgan fingerprint density at radius 2 is 2.06 bits per heavy atom. The molecule has 1 saturated heterocycles. The molecular formula is C12H22N2O4. The number of aliphatic hydroxyl groups is 1. The van der Waals surface area contributed by atoms with Crippen molar-refractivity contribution in [1.82, 2.24) is 9.80 Å². The number of carboxylic acid groups (broad SMARTS) is 1. The van der Waals surface area contributed by atoms with Gasteiger partial charge in [0.25, 0.3) is 0 Å². The zero-order valence-electron chi connectivity index (χ0n) is 11.2. The molecule has 1 rings (SSSR count). The van der Waals surface area contributed by atoms with Crippen molar-refractivity contribution >= 4 is 12.0 Å². The summed E-state index contributed by atoms with van der Waals surface area (Å²) in [7, 11) is 0. The maximum atomic E-state index is 12.3. The fourth-order valence-corrected chi connectivity index (χ4v) is 2.24. The molecule has 0 aromatic carbocycles. The number of urea groups is 1. The highest BCUT2D eigenvalue weighted by molar-refractivity contribution is 5.83. The van der Waals surface area contributed by atoms with Gasteiger partial charge in [0.1, 0.15) is 6.04 Å². The van der Waals surface area contributed by atoms with Crippen molar-refractivity contribution in [3.05, 3.63) is 0 Å². The molecule has 2 amide bonds. The van der Waals surface area contributed by atoms with Crippen molar-refractivity contribution < 1.29 is 19.8 Å². The van der Waals surface area contributed by atoms with Crippen LogP contribution in [0.4, 0.5) is 4.79 Å². The topological polar surface area (TPSA) is 81.1 Å². The molecule has 1 aliphatic heterocycles. The summed E-state index contributed by atoms with van der Waals surface area (Å²) in [5.41, 5.74) is 0. The highest BCUT2D eigenvalue weighted by atomic mass is 16.4. The molecule has 2 N–H and O–H groups in total. The Kier molecular flexibility index (Phi) is 4.95. The van der Waals surface area contributed by atoms with Gasteiger partial charge >= 0.3 is 12.0 Å². The van der Waals surface area contributed by atoms with Crippen molar-refractivity contribution in [1.29, 1.82) is 0 Å². The molecule has 0 radical (unpaired) electrons. The molecule has 0 bridgehead atoms. The summed E-state index contributed by atoms with van der Waals surface area (Å²) in [5.74, 6) is -1.06. The first kappa shape index (κ1) is 14.8. The predicted molar refractivity (Wildman–Crippen MR) is 66.3 cm³/mol. The van der Waals surface area contributed by atoms with E-state index in [1.807, 2.05) is 20.8 Å². The van der Waals surface area contributed by atoms with E-state index in [0.29, 0.717) is 6.54 Å². The van der Waals surface area contributed by atoms with E-state index in [4.69, 9.17) is 5.11 Å². The van der Waals surface area contributed by atoms with E-state index < -0.39 is 18.1 Å². The summed E-state index contributed by atoms with van der Waals surface area (Å²) in [5, 5.41) is 18.6. The first-order chi connectivity index (χ1) is 8.38. The number of nitrogens with zero attached hydrogens (tertiary/aromatic N) is 2. The van der Waals surface area contributed by atoms with Crippen molar-refractivity contribution in [2.24, 2.45) is 0 Å². The van der Waals surface area contributed by atoms with Gasteiger partial charge in [0, 0.05) is 25.6 Å². The fraction of sp³-hybridized carbons (Fsp3) is 0.833. The van der Waals surface area contributed by atoms with Crippen LogP contribution < -0.4 is 0 Å². The van der Waals surface area contributed by atoms with Gasteiger partial charge in [0.15, 0.2) is 0 Å². The minimum atomic E-state index is -1.06. The van der Waals surface area contributed by atoms with Crippen LogP contribution in [0, 0.1) is 0 Å². The third kappa shape index (κ3) is 3.13. The Bertz CT molecular complexity index is 319. The number of carboxylic acids is 1. The summed E-state index contributed by atoms with van der Waals surface area (Å²) in [4.78, 5) is 26.3. The number of hydrogen-bond acceptors (Lipinski definition) is 3. The molecule has 2 atom stereocenters. The fourth-order valence-electron chi connectivity index (χ4n) is 2.24. The quantitative estimate of drug-likeness (QED) is 0.779. The van der Waals surface area contributed by atoms with Crippen LogP contribution >= 0.6 is 0 Å². The molecule has 1 fully saturated rings. The van der Waals surface area contributed by atoms with Crippen LogP contribution in [0.3, 0.4) is 0 Å². The average Bonchev–Trinajstić information content (AvgIpc) is 2.67. The molecule has 0 aliphatic carbocycles. The van der Waals surface area contributed by atoms with Crippen molar-refractivity contribution in [2.45, 2.75) is 51.8 Å². The maximum Gasteiger partial charge on any atom is 0.326 e. The Morgan fingerprint density at radius 3 is 2.50 bits per heavy atom. The van der Waals surface area contributed by atoms with Crippen LogP contribution in [0.5, 0.6) is 0 Å². The summed E-state index contributed by atoms with van der Waals surface area (Å²) in [6.07, 6.45) is 0.183. The van der Waals surface area contributed by atoms with Crippen LogP contribution in [-0.4, -0.2) is 63.3 Å². The van der Waals surface area contributed by atoms with Gasteiger partial charge in [-0.3, -0.25) is 0 Å². The number of carbonyl (C=O) groups excluding carboxylic acids is 1. The molecule has 0 unspecified atom stereocenters. The minimum Gasteiger partial charge on any atom is -0.480 e. The number of amides is 2. The molecule has 18 heavy (non-hydrogen) atoms. The monoisotopic (exact) mass is 258 g/mol. The summed E-state index contributed by atoms with van der Waals surface area (Å²) < 4.78 is 0. The minimum absolute atomic E-state index is 0.0182. The van der Waals surface area contributed by atoms with E-state index in [-0.39, 0.29) is 25.0 Å². The summed E-state index contributed by atoms with van der Waals surface area (Å²) in [6.45, 7) is 6.46. The summed E-state index contributed by atoms with van der Waals surface area (Å²) in [6, 6.07) is -1.19. The van der Waals surface area contributed by atoms with Crippen molar-refractivity contribution in [3.8, 4) is 0 Å². The normalized spacial score (nSPS) is 23.5. The van der Waals surface area contributed by atoms with E-state index >= 15 is 0 Å². The van der Waals surface area contributed by atoms with E-state index in [2.05, 4.69) is 0 Å². The molecule has 0 spiro atoms. The van der Waals surface area contributed by atoms with Crippen LogP contribution in [-0.2, 0) is 4.79 Å². The number of hydrogen-bond donors (Lipinski definition) is 2. The van der Waals surface area contributed by atoms with E-state index in [0.717, 1.165) is 6.42 Å². The molecule has 0 aromatic heterocycles. The number of likely N-dealkylation sites (tertiary alicyclic amines) is 1. The van der Waals surface area contributed by atoms with Gasteiger partial charge in [-0.25, -0.2) is 9.59 Å². The molecule has 0 saturated carbocycles. The van der Waals surface area contributed by atoms with Gasteiger partial charge in [-0.15, -0.1) is 0 Å². The molecule has 0 aromatic rings. The van der Waals surface area contributed by atoms with Gasteiger partial charge < -0.3 is 20.0 Å². The second-order valence-corrected chi connectivity index (χ2v) is 4.97. The molecule has 104 valence electrons. The molecule has 6 nitrogen and oxygen atoms in total. The smallest absolute Gasteiger partial charge is 0.326 e.